The SMILES string of the molecule is NC1(c2ccc(-n3c(-c4ccccn4)cc4c(N5CCCC5=O)ncnc43)cc2)CCC1. The Morgan fingerprint density at radius 1 is 0.969 bits per heavy atom. The van der Waals surface area contributed by atoms with Crippen LogP contribution in [-0.4, -0.2) is 32.0 Å². The summed E-state index contributed by atoms with van der Waals surface area (Å²) in [6, 6.07) is 16.3. The van der Waals surface area contributed by atoms with Crippen LogP contribution in [0.15, 0.2) is 61.1 Å². The van der Waals surface area contributed by atoms with E-state index in [1.807, 2.05) is 24.3 Å². The zero-order valence-electron chi connectivity index (χ0n) is 17.7. The molecule has 2 N–H and O–H groups in total. The first-order valence-corrected chi connectivity index (χ1v) is 11.1. The molecule has 2 aliphatic rings. The molecule has 7 nitrogen and oxygen atoms in total. The van der Waals surface area contributed by atoms with Gasteiger partial charge >= 0.3 is 0 Å². The first-order valence-electron chi connectivity index (χ1n) is 11.1. The van der Waals surface area contributed by atoms with Crippen molar-refractivity contribution in [3.63, 3.8) is 0 Å². The lowest BCUT2D eigenvalue weighted by Crippen LogP contribution is -2.43. The Balaban J connectivity index is 1.55. The number of nitrogens with zero attached hydrogens (tertiary/aromatic N) is 5. The second-order valence-corrected chi connectivity index (χ2v) is 8.72. The number of carbonyl (C=O) groups excluding carboxylic acids is 1. The first-order chi connectivity index (χ1) is 15.6. The molecule has 0 unspecified atom stereocenters. The Labute approximate surface area is 185 Å². The molecule has 160 valence electrons. The largest absolute Gasteiger partial charge is 0.321 e. The smallest absolute Gasteiger partial charge is 0.228 e. The number of benzene rings is 1. The molecule has 0 spiro atoms. The fraction of sp³-hybridized carbons (Fsp3) is 0.280. The van der Waals surface area contributed by atoms with E-state index < -0.39 is 0 Å². The number of pyridine rings is 1. The van der Waals surface area contributed by atoms with Crippen molar-refractivity contribution < 1.29 is 4.79 Å². The standard InChI is InChI=1S/C25H24N6O/c26-25(11-4-12-25)17-7-9-18(10-8-17)31-21(20-5-1-2-13-27-20)15-19-23(28-16-29-24(19)31)30-14-3-6-22(30)32/h1-2,5,7-10,13,15-16H,3-4,6,11-12,14,26H2. The Kier molecular flexibility index (Phi) is 4.33. The van der Waals surface area contributed by atoms with Crippen LogP contribution in [0.1, 0.15) is 37.7 Å². The van der Waals surface area contributed by atoms with Crippen molar-refractivity contribution in [1.29, 1.82) is 0 Å². The zero-order chi connectivity index (χ0) is 21.7. The van der Waals surface area contributed by atoms with Gasteiger partial charge in [0.15, 0.2) is 5.65 Å². The van der Waals surface area contributed by atoms with E-state index in [2.05, 4.69) is 43.8 Å². The van der Waals surface area contributed by atoms with E-state index in [-0.39, 0.29) is 11.4 Å². The summed E-state index contributed by atoms with van der Waals surface area (Å²) in [4.78, 5) is 27.9. The summed E-state index contributed by atoms with van der Waals surface area (Å²) in [6.07, 6.45) is 7.96. The van der Waals surface area contributed by atoms with E-state index in [0.29, 0.717) is 18.8 Å². The zero-order valence-corrected chi connectivity index (χ0v) is 17.7. The third-order valence-corrected chi connectivity index (χ3v) is 6.78. The number of hydrogen-bond acceptors (Lipinski definition) is 5. The molecule has 1 aliphatic heterocycles. The summed E-state index contributed by atoms with van der Waals surface area (Å²) >= 11 is 0. The summed E-state index contributed by atoms with van der Waals surface area (Å²) in [5.74, 6) is 0.774. The van der Waals surface area contributed by atoms with Crippen LogP contribution < -0.4 is 10.6 Å². The van der Waals surface area contributed by atoms with Gasteiger partial charge in [-0.25, -0.2) is 9.97 Å². The minimum atomic E-state index is -0.202. The average Bonchev–Trinajstić information content (AvgIpc) is 3.41. The predicted octanol–water partition coefficient (Wildman–Crippen LogP) is 3.95. The van der Waals surface area contributed by atoms with Gasteiger partial charge in [0.25, 0.3) is 0 Å². The number of carbonyl (C=O) groups is 1. The van der Waals surface area contributed by atoms with Gasteiger partial charge in [0.1, 0.15) is 12.1 Å². The lowest BCUT2D eigenvalue weighted by atomic mass is 9.73. The molecule has 4 aromatic rings. The number of anilines is 1. The molecule has 4 heterocycles. The molecular weight excluding hydrogens is 400 g/mol. The van der Waals surface area contributed by atoms with Gasteiger partial charge in [0.2, 0.25) is 5.91 Å². The maximum Gasteiger partial charge on any atom is 0.228 e. The Hall–Kier alpha value is -3.58. The van der Waals surface area contributed by atoms with Gasteiger partial charge in [-0.1, -0.05) is 18.2 Å². The lowest BCUT2D eigenvalue weighted by molar-refractivity contribution is -0.117. The van der Waals surface area contributed by atoms with Gasteiger partial charge in [-0.05, 0) is 61.6 Å². The monoisotopic (exact) mass is 424 g/mol. The minimum absolute atomic E-state index is 0.107. The molecule has 7 heteroatoms. The Morgan fingerprint density at radius 3 is 2.47 bits per heavy atom. The van der Waals surface area contributed by atoms with Crippen LogP contribution in [0.5, 0.6) is 0 Å². The van der Waals surface area contributed by atoms with E-state index in [0.717, 1.165) is 47.4 Å². The van der Waals surface area contributed by atoms with Crippen molar-refractivity contribution in [2.75, 3.05) is 11.4 Å². The summed E-state index contributed by atoms with van der Waals surface area (Å²) in [7, 11) is 0. The normalized spacial score (nSPS) is 17.7. The number of amides is 1. The van der Waals surface area contributed by atoms with Crippen LogP contribution in [-0.2, 0) is 10.3 Å². The molecule has 0 bridgehead atoms. The fourth-order valence-corrected chi connectivity index (χ4v) is 4.84. The highest BCUT2D eigenvalue weighted by molar-refractivity contribution is 6.03. The number of aromatic nitrogens is 4. The molecule has 0 radical (unpaired) electrons. The average molecular weight is 425 g/mol. The van der Waals surface area contributed by atoms with Gasteiger partial charge in [-0.2, -0.15) is 0 Å². The summed E-state index contributed by atoms with van der Waals surface area (Å²) in [5, 5.41) is 0.849. The molecule has 1 amide bonds. The molecule has 6 rings (SSSR count). The van der Waals surface area contributed by atoms with E-state index in [4.69, 9.17) is 5.73 Å². The quantitative estimate of drug-likeness (QED) is 0.536. The maximum absolute atomic E-state index is 12.5. The van der Waals surface area contributed by atoms with Crippen molar-refractivity contribution >= 4 is 22.8 Å². The lowest BCUT2D eigenvalue weighted by Gasteiger charge is -2.38. The third kappa shape index (κ3) is 2.92. The van der Waals surface area contributed by atoms with Crippen molar-refractivity contribution in [3.8, 4) is 17.1 Å². The van der Waals surface area contributed by atoms with E-state index in [9.17, 15) is 4.79 Å². The maximum atomic E-state index is 12.5. The van der Waals surface area contributed by atoms with Gasteiger partial charge in [-0.15, -0.1) is 0 Å². The molecule has 2 fully saturated rings. The van der Waals surface area contributed by atoms with Crippen LogP contribution in [0, 0.1) is 0 Å². The van der Waals surface area contributed by atoms with Crippen LogP contribution in [0.25, 0.3) is 28.1 Å². The molecule has 1 saturated heterocycles. The molecule has 1 aliphatic carbocycles. The summed E-state index contributed by atoms with van der Waals surface area (Å²) < 4.78 is 2.09. The number of rotatable bonds is 4. The highest BCUT2D eigenvalue weighted by Gasteiger charge is 2.34. The van der Waals surface area contributed by atoms with Crippen molar-refractivity contribution in [3.05, 3.63) is 66.6 Å². The Bertz CT molecular complexity index is 1310. The Morgan fingerprint density at radius 2 is 1.81 bits per heavy atom. The van der Waals surface area contributed by atoms with Gasteiger partial charge in [0.05, 0.1) is 16.8 Å². The van der Waals surface area contributed by atoms with Crippen molar-refractivity contribution in [2.24, 2.45) is 5.73 Å². The molecule has 1 saturated carbocycles. The highest BCUT2D eigenvalue weighted by Crippen LogP contribution is 2.40. The topological polar surface area (TPSA) is 89.9 Å². The van der Waals surface area contributed by atoms with Crippen molar-refractivity contribution in [1.82, 2.24) is 19.5 Å². The summed E-state index contributed by atoms with van der Waals surface area (Å²) in [5.41, 5.74) is 11.0. The second-order valence-electron chi connectivity index (χ2n) is 8.72. The molecular formula is C25H24N6O. The van der Waals surface area contributed by atoms with Crippen LogP contribution in [0.3, 0.4) is 0 Å². The fourth-order valence-electron chi connectivity index (χ4n) is 4.84. The molecule has 1 aromatic carbocycles. The minimum Gasteiger partial charge on any atom is -0.321 e. The number of nitrogens with two attached hydrogens (primary N) is 1. The van der Waals surface area contributed by atoms with E-state index >= 15 is 0 Å². The van der Waals surface area contributed by atoms with Crippen LogP contribution in [0.4, 0.5) is 5.82 Å². The van der Waals surface area contributed by atoms with E-state index in [1.54, 1.807) is 17.4 Å². The predicted molar refractivity (Wildman–Crippen MR) is 123 cm³/mol. The van der Waals surface area contributed by atoms with E-state index in [1.165, 1.54) is 12.0 Å². The highest BCUT2D eigenvalue weighted by atomic mass is 16.2. The van der Waals surface area contributed by atoms with Gasteiger partial charge in [-0.3, -0.25) is 19.2 Å². The molecule has 32 heavy (non-hydrogen) atoms. The van der Waals surface area contributed by atoms with Crippen molar-refractivity contribution in [2.45, 2.75) is 37.6 Å². The third-order valence-electron chi connectivity index (χ3n) is 6.78. The van der Waals surface area contributed by atoms with Crippen LogP contribution in [0.2, 0.25) is 0 Å². The number of hydrogen-bond donors (Lipinski definition) is 1. The van der Waals surface area contributed by atoms with Crippen LogP contribution >= 0.6 is 0 Å². The number of fused-ring (bicyclic) bond motifs is 1. The first kappa shape index (κ1) is 19.1. The molecule has 0 atom stereocenters. The second kappa shape index (κ2) is 7.24. The van der Waals surface area contributed by atoms with Gasteiger partial charge in [0, 0.05) is 30.4 Å². The molecule has 3 aromatic heterocycles. The summed E-state index contributed by atoms with van der Waals surface area (Å²) in [6.45, 7) is 0.683. The van der Waals surface area contributed by atoms with Gasteiger partial charge < -0.3 is 5.73 Å².